The minimum Gasteiger partial charge on any atom is -0.345 e. The van der Waals surface area contributed by atoms with Gasteiger partial charge in [0, 0.05) is 31.4 Å². The lowest BCUT2D eigenvalue weighted by molar-refractivity contribution is -0.132. The highest BCUT2D eigenvalue weighted by Crippen LogP contribution is 2.15. The number of rotatable bonds is 11. The molecule has 1 heterocycles. The third-order valence-corrected chi connectivity index (χ3v) is 5.01. The number of unbranched alkanes of at least 4 members (excludes halogenated alkanes) is 3. The van der Waals surface area contributed by atoms with Gasteiger partial charge in [0.1, 0.15) is 0 Å². The molecular formula is C23H34N2O. The van der Waals surface area contributed by atoms with Gasteiger partial charge in [-0.2, -0.15) is 0 Å². The molecule has 0 saturated heterocycles. The molecule has 1 aromatic carbocycles. The molecule has 0 saturated carbocycles. The number of carbonyl (C=O) groups is 1. The molecule has 0 spiro atoms. The third-order valence-electron chi connectivity index (χ3n) is 5.01. The van der Waals surface area contributed by atoms with Gasteiger partial charge < -0.3 is 9.47 Å². The van der Waals surface area contributed by atoms with E-state index in [0.717, 1.165) is 32.4 Å². The Labute approximate surface area is 159 Å². The van der Waals surface area contributed by atoms with Crippen molar-refractivity contribution < 1.29 is 4.79 Å². The number of aromatic nitrogens is 1. The van der Waals surface area contributed by atoms with Gasteiger partial charge in [0.25, 0.3) is 0 Å². The second kappa shape index (κ2) is 10.8. The van der Waals surface area contributed by atoms with Crippen molar-refractivity contribution in [2.45, 2.75) is 72.4 Å². The van der Waals surface area contributed by atoms with Crippen LogP contribution in [0.25, 0.3) is 0 Å². The number of amides is 1. The molecule has 1 aromatic heterocycles. The molecule has 3 nitrogen and oxygen atoms in total. The summed E-state index contributed by atoms with van der Waals surface area (Å²) in [5, 5.41) is 0. The first kappa shape index (κ1) is 20.3. The lowest BCUT2D eigenvalue weighted by atomic mass is 10.1. The lowest BCUT2D eigenvalue weighted by Crippen LogP contribution is -2.32. The number of carbonyl (C=O) groups excluding carboxylic acids is 1. The summed E-state index contributed by atoms with van der Waals surface area (Å²) < 4.78 is 2.28. The quantitative estimate of drug-likeness (QED) is 0.485. The fourth-order valence-electron chi connectivity index (χ4n) is 3.24. The zero-order chi connectivity index (χ0) is 18.8. The Morgan fingerprint density at radius 1 is 1.00 bits per heavy atom. The normalized spacial score (nSPS) is 10.9. The molecule has 0 atom stereocenters. The molecule has 2 rings (SSSR count). The Balaban J connectivity index is 2.08. The molecule has 0 N–H and O–H groups in total. The summed E-state index contributed by atoms with van der Waals surface area (Å²) >= 11 is 0. The second-order valence-corrected chi connectivity index (χ2v) is 7.18. The maximum Gasteiger partial charge on any atom is 0.222 e. The van der Waals surface area contributed by atoms with Gasteiger partial charge in [-0.25, -0.2) is 0 Å². The van der Waals surface area contributed by atoms with Crippen molar-refractivity contribution in [2.75, 3.05) is 6.54 Å². The number of hydrogen-bond donors (Lipinski definition) is 0. The second-order valence-electron chi connectivity index (χ2n) is 7.18. The van der Waals surface area contributed by atoms with Crippen LogP contribution in [0.3, 0.4) is 0 Å². The van der Waals surface area contributed by atoms with Crippen molar-refractivity contribution in [1.82, 2.24) is 9.47 Å². The summed E-state index contributed by atoms with van der Waals surface area (Å²) in [7, 11) is 0. The largest absolute Gasteiger partial charge is 0.345 e. The molecule has 0 aliphatic heterocycles. The lowest BCUT2D eigenvalue weighted by Gasteiger charge is -2.24. The van der Waals surface area contributed by atoms with Crippen LogP contribution in [0.2, 0.25) is 0 Å². The third kappa shape index (κ3) is 6.05. The number of aryl methyl sites for hydroxylation is 1. The summed E-state index contributed by atoms with van der Waals surface area (Å²) in [6.45, 7) is 8.94. The maximum absolute atomic E-state index is 12.7. The van der Waals surface area contributed by atoms with Crippen molar-refractivity contribution in [2.24, 2.45) is 0 Å². The maximum atomic E-state index is 12.7. The average molecular weight is 355 g/mol. The van der Waals surface area contributed by atoms with E-state index in [1.165, 1.54) is 29.7 Å². The molecule has 0 unspecified atom stereocenters. The highest BCUT2D eigenvalue weighted by Gasteiger charge is 2.15. The van der Waals surface area contributed by atoms with Crippen molar-refractivity contribution in [3.8, 4) is 0 Å². The van der Waals surface area contributed by atoms with Gasteiger partial charge in [-0.3, -0.25) is 4.79 Å². The molecule has 0 radical (unpaired) electrons. The standard InChI is InChI=1S/C23H34N2O/c1-4-6-10-16-25(23(26)15-7-5-2)19-22-14-11-17-24(22)18-21-13-9-8-12-20(21)3/h8-9,11-14,17H,4-7,10,15-16,18-19H2,1-3H3. The molecule has 0 aliphatic rings. The molecule has 26 heavy (non-hydrogen) atoms. The Kier molecular flexibility index (Phi) is 8.46. The first-order valence-electron chi connectivity index (χ1n) is 10.1. The van der Waals surface area contributed by atoms with Crippen LogP contribution in [0.15, 0.2) is 42.6 Å². The van der Waals surface area contributed by atoms with Crippen LogP contribution in [0, 0.1) is 6.92 Å². The summed E-state index contributed by atoms with van der Waals surface area (Å²) in [4.78, 5) is 14.7. The molecule has 0 aliphatic carbocycles. The summed E-state index contributed by atoms with van der Waals surface area (Å²) in [5.74, 6) is 0.298. The Hall–Kier alpha value is -2.03. The van der Waals surface area contributed by atoms with E-state index in [1.54, 1.807) is 0 Å². The summed E-state index contributed by atoms with van der Waals surface area (Å²) in [6, 6.07) is 12.8. The number of hydrogen-bond acceptors (Lipinski definition) is 1. The van der Waals surface area contributed by atoms with E-state index in [-0.39, 0.29) is 0 Å². The SMILES string of the molecule is CCCCCN(Cc1cccn1Cc1ccccc1C)C(=O)CCCC. The highest BCUT2D eigenvalue weighted by atomic mass is 16.2. The van der Waals surface area contributed by atoms with Crippen molar-refractivity contribution in [3.63, 3.8) is 0 Å². The van der Waals surface area contributed by atoms with Crippen molar-refractivity contribution >= 4 is 5.91 Å². The topological polar surface area (TPSA) is 25.2 Å². The van der Waals surface area contributed by atoms with E-state index in [4.69, 9.17) is 0 Å². The predicted molar refractivity (Wildman–Crippen MR) is 109 cm³/mol. The Morgan fingerprint density at radius 2 is 1.77 bits per heavy atom. The van der Waals surface area contributed by atoms with Gasteiger partial charge in [0.05, 0.1) is 6.54 Å². The van der Waals surface area contributed by atoms with Gasteiger partial charge in [0.2, 0.25) is 5.91 Å². The van der Waals surface area contributed by atoms with Gasteiger partial charge in [-0.05, 0) is 43.0 Å². The van der Waals surface area contributed by atoms with Crippen LogP contribution >= 0.6 is 0 Å². The molecular weight excluding hydrogens is 320 g/mol. The van der Waals surface area contributed by atoms with Gasteiger partial charge in [-0.15, -0.1) is 0 Å². The van der Waals surface area contributed by atoms with Crippen LogP contribution in [-0.4, -0.2) is 21.9 Å². The van der Waals surface area contributed by atoms with E-state index >= 15 is 0 Å². The van der Waals surface area contributed by atoms with Gasteiger partial charge in [0.15, 0.2) is 0 Å². The molecule has 0 fully saturated rings. The predicted octanol–water partition coefficient (Wildman–Crippen LogP) is 5.55. The monoisotopic (exact) mass is 354 g/mol. The first-order valence-corrected chi connectivity index (χ1v) is 10.1. The van der Waals surface area contributed by atoms with Crippen LogP contribution < -0.4 is 0 Å². The van der Waals surface area contributed by atoms with Crippen molar-refractivity contribution in [1.29, 1.82) is 0 Å². The highest BCUT2D eigenvalue weighted by molar-refractivity contribution is 5.76. The number of benzene rings is 1. The zero-order valence-electron chi connectivity index (χ0n) is 16.7. The number of nitrogens with zero attached hydrogens (tertiary/aromatic N) is 2. The first-order chi connectivity index (χ1) is 12.7. The summed E-state index contributed by atoms with van der Waals surface area (Å²) in [5.41, 5.74) is 3.86. The fourth-order valence-corrected chi connectivity index (χ4v) is 3.24. The van der Waals surface area contributed by atoms with Crippen LogP contribution in [0.5, 0.6) is 0 Å². The molecule has 3 heteroatoms. The van der Waals surface area contributed by atoms with Crippen LogP contribution in [-0.2, 0) is 17.9 Å². The van der Waals surface area contributed by atoms with E-state index in [2.05, 4.69) is 72.8 Å². The average Bonchev–Trinajstić information content (AvgIpc) is 3.07. The summed E-state index contributed by atoms with van der Waals surface area (Å²) in [6.07, 6.45) is 8.30. The van der Waals surface area contributed by atoms with Gasteiger partial charge >= 0.3 is 0 Å². The zero-order valence-corrected chi connectivity index (χ0v) is 16.7. The van der Waals surface area contributed by atoms with E-state index in [1.807, 2.05) is 0 Å². The van der Waals surface area contributed by atoms with E-state index < -0.39 is 0 Å². The van der Waals surface area contributed by atoms with Gasteiger partial charge in [-0.1, -0.05) is 57.4 Å². The Morgan fingerprint density at radius 3 is 2.50 bits per heavy atom. The minimum atomic E-state index is 0.298. The minimum absolute atomic E-state index is 0.298. The van der Waals surface area contributed by atoms with E-state index in [9.17, 15) is 4.79 Å². The molecule has 2 aromatic rings. The van der Waals surface area contributed by atoms with Crippen molar-refractivity contribution in [3.05, 3.63) is 59.4 Å². The smallest absolute Gasteiger partial charge is 0.222 e. The van der Waals surface area contributed by atoms with Crippen LogP contribution in [0.4, 0.5) is 0 Å². The van der Waals surface area contributed by atoms with E-state index in [0.29, 0.717) is 18.9 Å². The Bertz CT molecular complexity index is 674. The molecule has 142 valence electrons. The molecule has 0 bridgehead atoms. The van der Waals surface area contributed by atoms with Crippen LogP contribution in [0.1, 0.15) is 69.2 Å². The fraction of sp³-hybridized carbons (Fsp3) is 0.522. The molecule has 1 amide bonds.